The van der Waals surface area contributed by atoms with E-state index in [0.29, 0.717) is 17.1 Å². The van der Waals surface area contributed by atoms with Crippen LogP contribution in [-0.4, -0.2) is 18.2 Å². The van der Waals surface area contributed by atoms with Crippen molar-refractivity contribution < 1.29 is 19.4 Å². The number of carboxylic acid groups (broad SMARTS) is 1. The lowest BCUT2D eigenvalue weighted by molar-refractivity contribution is 0.0696. The van der Waals surface area contributed by atoms with E-state index in [4.69, 9.17) is 14.6 Å². The van der Waals surface area contributed by atoms with Crippen molar-refractivity contribution in [3.05, 3.63) is 95.1 Å². The third-order valence-electron chi connectivity index (χ3n) is 4.27. The number of rotatable bonds is 7. The number of benzene rings is 3. The Bertz CT molecular complexity index is 1080. The Labute approximate surface area is 169 Å². The summed E-state index contributed by atoms with van der Waals surface area (Å²) in [6, 6.07) is 23.7. The summed E-state index contributed by atoms with van der Waals surface area (Å²) in [6.07, 6.45) is 1.79. The van der Waals surface area contributed by atoms with Gasteiger partial charge in [0.05, 0.1) is 24.3 Å². The van der Waals surface area contributed by atoms with Crippen LogP contribution in [0.25, 0.3) is 11.6 Å². The lowest BCUT2D eigenvalue weighted by Gasteiger charge is -2.12. The highest BCUT2D eigenvalue weighted by molar-refractivity contribution is 5.90. The molecular formula is C24H19NO4. The molecule has 3 aromatic rings. The number of methoxy groups -OCH3 is 1. The van der Waals surface area contributed by atoms with Gasteiger partial charge in [0.15, 0.2) is 11.5 Å². The maximum Gasteiger partial charge on any atom is 0.335 e. The number of allylic oxidation sites excluding steroid dienone is 1. The first-order chi connectivity index (χ1) is 14.1. The molecule has 0 aromatic heterocycles. The molecule has 144 valence electrons. The number of carboxylic acids is 1. The molecular weight excluding hydrogens is 366 g/mol. The van der Waals surface area contributed by atoms with Crippen molar-refractivity contribution in [3.8, 4) is 17.6 Å². The molecule has 29 heavy (non-hydrogen) atoms. The van der Waals surface area contributed by atoms with E-state index >= 15 is 0 Å². The van der Waals surface area contributed by atoms with Crippen molar-refractivity contribution in [3.63, 3.8) is 0 Å². The third kappa shape index (κ3) is 5.02. The van der Waals surface area contributed by atoms with Gasteiger partial charge in [-0.15, -0.1) is 0 Å². The van der Waals surface area contributed by atoms with Gasteiger partial charge < -0.3 is 14.6 Å². The molecule has 5 nitrogen and oxygen atoms in total. The molecule has 0 saturated heterocycles. The lowest BCUT2D eigenvalue weighted by atomic mass is 10.0. The highest BCUT2D eigenvalue weighted by atomic mass is 16.5. The minimum atomic E-state index is -0.979. The number of ether oxygens (including phenoxy) is 2. The van der Waals surface area contributed by atoms with E-state index in [9.17, 15) is 10.1 Å². The molecule has 1 N–H and O–H groups in total. The van der Waals surface area contributed by atoms with E-state index < -0.39 is 5.97 Å². The van der Waals surface area contributed by atoms with Gasteiger partial charge in [-0.1, -0.05) is 48.5 Å². The Morgan fingerprint density at radius 3 is 2.45 bits per heavy atom. The van der Waals surface area contributed by atoms with E-state index in [0.717, 1.165) is 16.7 Å². The summed E-state index contributed by atoms with van der Waals surface area (Å²) in [4.78, 5) is 11.1. The Balaban J connectivity index is 1.80. The molecule has 3 aromatic carbocycles. The van der Waals surface area contributed by atoms with Gasteiger partial charge >= 0.3 is 5.97 Å². The van der Waals surface area contributed by atoms with Crippen molar-refractivity contribution in [2.24, 2.45) is 0 Å². The van der Waals surface area contributed by atoms with Crippen LogP contribution in [0.4, 0.5) is 0 Å². The molecule has 5 heteroatoms. The van der Waals surface area contributed by atoms with Crippen molar-refractivity contribution in [1.82, 2.24) is 0 Å². The largest absolute Gasteiger partial charge is 0.493 e. The zero-order chi connectivity index (χ0) is 20.6. The van der Waals surface area contributed by atoms with E-state index in [-0.39, 0.29) is 12.2 Å². The standard InChI is InChI=1S/C24H19NO4/c1-28-23-14-17(12-21(15-25)19-7-3-2-4-8-19)10-11-22(23)29-16-18-6-5-9-20(13-18)24(26)27/h2-14H,16H2,1H3,(H,26,27). The Morgan fingerprint density at radius 1 is 1.00 bits per heavy atom. The van der Waals surface area contributed by atoms with E-state index in [2.05, 4.69) is 6.07 Å². The van der Waals surface area contributed by atoms with Crippen LogP contribution in [0.1, 0.15) is 27.0 Å². The van der Waals surface area contributed by atoms with Crippen LogP contribution in [0.5, 0.6) is 11.5 Å². The Kier molecular flexibility index (Phi) is 6.29. The van der Waals surface area contributed by atoms with Crippen molar-refractivity contribution in [2.75, 3.05) is 7.11 Å². The van der Waals surface area contributed by atoms with E-state index in [1.807, 2.05) is 36.4 Å². The SMILES string of the molecule is COc1cc(C=C(C#N)c2ccccc2)ccc1OCc1cccc(C(=O)O)c1. The minimum Gasteiger partial charge on any atom is -0.493 e. The van der Waals surface area contributed by atoms with Crippen LogP contribution >= 0.6 is 0 Å². The molecule has 0 saturated carbocycles. The van der Waals surface area contributed by atoms with E-state index in [1.165, 1.54) is 6.07 Å². The van der Waals surface area contributed by atoms with Gasteiger partial charge in [-0.05, 0) is 47.0 Å². The number of nitriles is 1. The average molecular weight is 385 g/mol. The van der Waals surface area contributed by atoms with Gasteiger partial charge in [-0.3, -0.25) is 0 Å². The van der Waals surface area contributed by atoms with Crippen molar-refractivity contribution in [2.45, 2.75) is 6.61 Å². The molecule has 0 atom stereocenters. The first-order valence-corrected chi connectivity index (χ1v) is 8.91. The number of hydrogen-bond acceptors (Lipinski definition) is 4. The second-order valence-corrected chi connectivity index (χ2v) is 6.24. The summed E-state index contributed by atoms with van der Waals surface area (Å²) in [5, 5.41) is 18.6. The second-order valence-electron chi connectivity index (χ2n) is 6.24. The van der Waals surface area contributed by atoms with Gasteiger partial charge in [0.1, 0.15) is 6.61 Å². The van der Waals surface area contributed by atoms with Gasteiger partial charge in [0, 0.05) is 0 Å². The smallest absolute Gasteiger partial charge is 0.335 e. The van der Waals surface area contributed by atoms with Crippen LogP contribution in [0.15, 0.2) is 72.8 Å². The predicted octanol–water partition coefficient (Wildman–Crippen LogP) is 5.04. The lowest BCUT2D eigenvalue weighted by Crippen LogP contribution is -2.01. The molecule has 0 aliphatic carbocycles. The van der Waals surface area contributed by atoms with Crippen molar-refractivity contribution >= 4 is 17.6 Å². The molecule has 0 fully saturated rings. The van der Waals surface area contributed by atoms with Gasteiger partial charge in [0.25, 0.3) is 0 Å². The molecule has 0 spiro atoms. The summed E-state index contributed by atoms with van der Waals surface area (Å²) in [5.74, 6) is 0.0781. The number of aromatic carboxylic acids is 1. The number of nitrogens with zero attached hydrogens (tertiary/aromatic N) is 1. The van der Waals surface area contributed by atoms with E-state index in [1.54, 1.807) is 43.5 Å². The Hall–Kier alpha value is -4.04. The quantitative estimate of drug-likeness (QED) is 0.455. The molecule has 0 heterocycles. The van der Waals surface area contributed by atoms with Crippen LogP contribution in [0.3, 0.4) is 0 Å². The summed E-state index contributed by atoms with van der Waals surface area (Å²) in [7, 11) is 1.54. The highest BCUT2D eigenvalue weighted by Crippen LogP contribution is 2.30. The summed E-state index contributed by atoms with van der Waals surface area (Å²) < 4.78 is 11.2. The number of carbonyl (C=O) groups is 1. The molecule has 3 rings (SSSR count). The van der Waals surface area contributed by atoms with Gasteiger partial charge in [-0.25, -0.2) is 4.79 Å². The molecule has 0 aliphatic heterocycles. The minimum absolute atomic E-state index is 0.208. The maximum absolute atomic E-state index is 11.1. The van der Waals surface area contributed by atoms with Crippen LogP contribution in [0, 0.1) is 11.3 Å². The molecule has 0 bridgehead atoms. The summed E-state index contributed by atoms with van der Waals surface area (Å²) in [6.45, 7) is 0.208. The second kappa shape index (κ2) is 9.25. The fourth-order valence-corrected chi connectivity index (χ4v) is 2.81. The highest BCUT2D eigenvalue weighted by Gasteiger charge is 2.08. The van der Waals surface area contributed by atoms with Crippen LogP contribution in [0.2, 0.25) is 0 Å². The summed E-state index contributed by atoms with van der Waals surface area (Å²) >= 11 is 0. The molecule has 0 unspecified atom stereocenters. The molecule has 0 amide bonds. The fourth-order valence-electron chi connectivity index (χ4n) is 2.81. The zero-order valence-corrected chi connectivity index (χ0v) is 15.8. The first kappa shape index (κ1) is 19.7. The van der Waals surface area contributed by atoms with Gasteiger partial charge in [0.2, 0.25) is 0 Å². The average Bonchev–Trinajstić information content (AvgIpc) is 2.77. The molecule has 0 radical (unpaired) electrons. The zero-order valence-electron chi connectivity index (χ0n) is 15.8. The summed E-state index contributed by atoms with van der Waals surface area (Å²) in [5.41, 5.74) is 3.15. The monoisotopic (exact) mass is 385 g/mol. The fraction of sp³-hybridized carbons (Fsp3) is 0.0833. The Morgan fingerprint density at radius 2 is 1.76 bits per heavy atom. The maximum atomic E-state index is 11.1. The van der Waals surface area contributed by atoms with Crippen LogP contribution in [-0.2, 0) is 6.61 Å². The van der Waals surface area contributed by atoms with Gasteiger partial charge in [-0.2, -0.15) is 5.26 Å². The molecule has 0 aliphatic rings. The number of hydrogen-bond donors (Lipinski definition) is 1. The third-order valence-corrected chi connectivity index (χ3v) is 4.27. The first-order valence-electron chi connectivity index (χ1n) is 8.91. The van der Waals surface area contributed by atoms with Crippen LogP contribution < -0.4 is 9.47 Å². The van der Waals surface area contributed by atoms with Crippen molar-refractivity contribution in [1.29, 1.82) is 5.26 Å². The normalized spacial score (nSPS) is 10.8. The predicted molar refractivity (Wildman–Crippen MR) is 111 cm³/mol. The topological polar surface area (TPSA) is 79.5 Å².